The Hall–Kier alpha value is -1.06. The summed E-state index contributed by atoms with van der Waals surface area (Å²) in [6.45, 7) is 14.7. The minimum atomic E-state index is 0.168. The van der Waals surface area contributed by atoms with Crippen molar-refractivity contribution in [2.24, 2.45) is 0 Å². The van der Waals surface area contributed by atoms with E-state index in [2.05, 4.69) is 50.5 Å². The van der Waals surface area contributed by atoms with E-state index >= 15 is 0 Å². The lowest BCUT2D eigenvalue weighted by Crippen LogP contribution is -2.44. The Balaban J connectivity index is 2.41. The van der Waals surface area contributed by atoms with Gasteiger partial charge >= 0.3 is 0 Å². The molecule has 0 heterocycles. The van der Waals surface area contributed by atoms with Crippen LogP contribution >= 0.6 is 0 Å². The van der Waals surface area contributed by atoms with Crippen LogP contribution in [-0.4, -0.2) is 24.2 Å². The van der Waals surface area contributed by atoms with Gasteiger partial charge in [-0.2, -0.15) is 0 Å². The number of rotatable bonds is 7. The smallest absolute Gasteiger partial charge is 0.120 e. The van der Waals surface area contributed by atoms with Crippen molar-refractivity contribution in [1.29, 1.82) is 0 Å². The average Bonchev–Trinajstić information content (AvgIpc) is 2.32. The highest BCUT2D eigenvalue weighted by Gasteiger charge is 2.10. The minimum Gasteiger partial charge on any atom is -0.491 e. The molecule has 3 heteroatoms. The zero-order chi connectivity index (χ0) is 15.2. The van der Waals surface area contributed by atoms with Gasteiger partial charge in [-0.1, -0.05) is 12.1 Å². The number of hydrogen-bond donors (Lipinski definition) is 2. The lowest BCUT2D eigenvalue weighted by Gasteiger charge is -2.24. The summed E-state index contributed by atoms with van der Waals surface area (Å²) >= 11 is 0. The van der Waals surface area contributed by atoms with Gasteiger partial charge in [0.1, 0.15) is 5.75 Å². The molecule has 0 saturated heterocycles. The van der Waals surface area contributed by atoms with Gasteiger partial charge in [0.15, 0.2) is 0 Å². The molecule has 0 aromatic heterocycles. The molecular weight excluding hydrogens is 248 g/mol. The van der Waals surface area contributed by atoms with E-state index in [1.54, 1.807) is 0 Å². The van der Waals surface area contributed by atoms with Crippen molar-refractivity contribution in [1.82, 2.24) is 10.6 Å². The summed E-state index contributed by atoms with van der Waals surface area (Å²) in [5.74, 6) is 0.944. The molecule has 0 aliphatic heterocycles. The Morgan fingerprint density at radius 3 is 2.45 bits per heavy atom. The first-order chi connectivity index (χ1) is 9.26. The highest BCUT2D eigenvalue weighted by molar-refractivity contribution is 5.28. The molecule has 1 atom stereocenters. The lowest BCUT2D eigenvalue weighted by atomic mass is 10.1. The monoisotopic (exact) mass is 278 g/mol. The third-order valence-corrected chi connectivity index (χ3v) is 2.86. The molecule has 2 N–H and O–H groups in total. The summed E-state index contributed by atoms with van der Waals surface area (Å²) in [6, 6.07) is 8.73. The summed E-state index contributed by atoms with van der Waals surface area (Å²) in [5.41, 5.74) is 1.42. The van der Waals surface area contributed by atoms with Crippen molar-refractivity contribution in [3.63, 3.8) is 0 Å². The van der Waals surface area contributed by atoms with Crippen LogP contribution in [0, 0.1) is 0 Å². The maximum Gasteiger partial charge on any atom is 0.120 e. The van der Waals surface area contributed by atoms with Gasteiger partial charge < -0.3 is 15.4 Å². The van der Waals surface area contributed by atoms with E-state index in [1.165, 1.54) is 5.56 Å². The Morgan fingerprint density at radius 1 is 1.15 bits per heavy atom. The summed E-state index contributed by atoms with van der Waals surface area (Å²) < 4.78 is 5.71. The SMILES string of the molecule is CC(CNC(C)(C)C)NCc1cccc(OC(C)C)c1. The van der Waals surface area contributed by atoms with E-state index in [-0.39, 0.29) is 11.6 Å². The van der Waals surface area contributed by atoms with Gasteiger partial charge in [0, 0.05) is 24.7 Å². The molecular formula is C17H30N2O. The molecule has 0 aliphatic carbocycles. The Morgan fingerprint density at radius 2 is 1.85 bits per heavy atom. The van der Waals surface area contributed by atoms with Crippen LogP contribution in [0.5, 0.6) is 5.75 Å². The predicted octanol–water partition coefficient (Wildman–Crippen LogP) is 3.34. The van der Waals surface area contributed by atoms with E-state index in [9.17, 15) is 0 Å². The van der Waals surface area contributed by atoms with Gasteiger partial charge in [-0.15, -0.1) is 0 Å². The van der Waals surface area contributed by atoms with Crippen LogP contribution in [0.3, 0.4) is 0 Å². The van der Waals surface area contributed by atoms with Gasteiger partial charge in [0.2, 0.25) is 0 Å². The molecule has 0 bridgehead atoms. The fraction of sp³-hybridized carbons (Fsp3) is 0.647. The molecule has 1 aromatic carbocycles. The normalized spacial score (nSPS) is 13.6. The maximum absolute atomic E-state index is 5.71. The second-order valence-electron chi connectivity index (χ2n) is 6.73. The summed E-state index contributed by atoms with van der Waals surface area (Å²) in [5, 5.41) is 7.04. The van der Waals surface area contributed by atoms with Crippen molar-refractivity contribution in [2.75, 3.05) is 6.54 Å². The second-order valence-corrected chi connectivity index (χ2v) is 6.73. The molecule has 0 fully saturated rings. The fourth-order valence-electron chi connectivity index (χ4n) is 1.82. The van der Waals surface area contributed by atoms with Crippen LogP contribution in [0.15, 0.2) is 24.3 Å². The van der Waals surface area contributed by atoms with Crippen LogP contribution in [-0.2, 0) is 6.54 Å². The van der Waals surface area contributed by atoms with Crippen LogP contribution in [0.2, 0.25) is 0 Å². The van der Waals surface area contributed by atoms with Gasteiger partial charge in [0.05, 0.1) is 6.10 Å². The molecule has 0 radical (unpaired) electrons. The largest absolute Gasteiger partial charge is 0.491 e. The molecule has 1 rings (SSSR count). The van der Waals surface area contributed by atoms with Gasteiger partial charge in [-0.05, 0) is 59.2 Å². The standard InChI is InChI=1S/C17H30N2O/c1-13(2)20-16-9-7-8-15(10-16)12-18-14(3)11-19-17(4,5)6/h7-10,13-14,18-19H,11-12H2,1-6H3. The molecule has 114 valence electrons. The van der Waals surface area contributed by atoms with Crippen LogP contribution < -0.4 is 15.4 Å². The zero-order valence-corrected chi connectivity index (χ0v) is 13.8. The molecule has 0 aliphatic rings. The molecule has 20 heavy (non-hydrogen) atoms. The third-order valence-electron chi connectivity index (χ3n) is 2.86. The van der Waals surface area contributed by atoms with Crippen molar-refractivity contribution < 1.29 is 4.74 Å². The minimum absolute atomic E-state index is 0.168. The Kier molecular flexibility index (Phi) is 6.50. The summed E-state index contributed by atoms with van der Waals surface area (Å²) in [7, 11) is 0. The average molecular weight is 278 g/mol. The van der Waals surface area contributed by atoms with Gasteiger partial charge in [-0.3, -0.25) is 0 Å². The van der Waals surface area contributed by atoms with E-state index in [0.29, 0.717) is 6.04 Å². The number of nitrogens with one attached hydrogen (secondary N) is 2. The number of benzene rings is 1. The topological polar surface area (TPSA) is 33.3 Å². The van der Waals surface area contributed by atoms with Crippen molar-refractivity contribution in [2.45, 2.75) is 65.8 Å². The molecule has 0 spiro atoms. The van der Waals surface area contributed by atoms with Crippen molar-refractivity contribution >= 4 is 0 Å². The highest BCUT2D eigenvalue weighted by atomic mass is 16.5. The first-order valence-electron chi connectivity index (χ1n) is 7.50. The number of ether oxygens (including phenoxy) is 1. The maximum atomic E-state index is 5.71. The Bertz CT molecular complexity index is 396. The predicted molar refractivity (Wildman–Crippen MR) is 86.3 cm³/mol. The van der Waals surface area contributed by atoms with Crippen molar-refractivity contribution in [3.8, 4) is 5.75 Å². The van der Waals surface area contributed by atoms with Gasteiger partial charge in [0.25, 0.3) is 0 Å². The van der Waals surface area contributed by atoms with Crippen LogP contribution in [0.1, 0.15) is 47.1 Å². The van der Waals surface area contributed by atoms with Crippen LogP contribution in [0.4, 0.5) is 0 Å². The zero-order valence-electron chi connectivity index (χ0n) is 13.8. The van der Waals surface area contributed by atoms with E-state index in [1.807, 2.05) is 26.0 Å². The lowest BCUT2D eigenvalue weighted by molar-refractivity contribution is 0.242. The van der Waals surface area contributed by atoms with E-state index in [4.69, 9.17) is 4.74 Å². The first kappa shape index (κ1) is 17.0. The molecule has 0 saturated carbocycles. The quantitative estimate of drug-likeness (QED) is 0.802. The molecule has 3 nitrogen and oxygen atoms in total. The van der Waals surface area contributed by atoms with Gasteiger partial charge in [-0.25, -0.2) is 0 Å². The van der Waals surface area contributed by atoms with E-state index in [0.717, 1.165) is 18.8 Å². The van der Waals surface area contributed by atoms with Crippen molar-refractivity contribution in [3.05, 3.63) is 29.8 Å². The summed E-state index contributed by atoms with van der Waals surface area (Å²) in [6.07, 6.45) is 0.216. The first-order valence-corrected chi connectivity index (χ1v) is 7.50. The molecule has 1 unspecified atom stereocenters. The highest BCUT2D eigenvalue weighted by Crippen LogP contribution is 2.14. The second kappa shape index (κ2) is 7.65. The summed E-state index contributed by atoms with van der Waals surface area (Å²) in [4.78, 5) is 0. The van der Waals surface area contributed by atoms with E-state index < -0.39 is 0 Å². The molecule has 1 aromatic rings. The molecule has 0 amide bonds. The van der Waals surface area contributed by atoms with Crippen LogP contribution in [0.25, 0.3) is 0 Å². The fourth-order valence-corrected chi connectivity index (χ4v) is 1.82. The number of hydrogen-bond acceptors (Lipinski definition) is 3. The Labute approximate surface area is 124 Å². The third kappa shape index (κ3) is 7.51.